The Kier molecular flexibility index (Phi) is 6.56. The fraction of sp³-hybridized carbons (Fsp3) is 0.316. The summed E-state index contributed by atoms with van der Waals surface area (Å²) in [6.07, 6.45) is 0. The zero-order valence-electron chi connectivity index (χ0n) is 14.9. The highest BCUT2D eigenvalue weighted by molar-refractivity contribution is 6.34. The van der Waals surface area contributed by atoms with Crippen molar-refractivity contribution in [1.29, 1.82) is 0 Å². The van der Waals surface area contributed by atoms with E-state index in [2.05, 4.69) is 10.2 Å². The second-order valence-electron chi connectivity index (χ2n) is 6.35. The van der Waals surface area contributed by atoms with Gasteiger partial charge in [-0.2, -0.15) is 0 Å². The van der Waals surface area contributed by atoms with Crippen LogP contribution in [0.5, 0.6) is 0 Å². The van der Waals surface area contributed by atoms with Crippen molar-refractivity contribution in [3.63, 3.8) is 0 Å². The van der Waals surface area contributed by atoms with Gasteiger partial charge < -0.3 is 10.1 Å². The molecule has 28 heavy (non-hydrogen) atoms. The minimum Gasteiger partial charge on any atom is -0.379 e. The molecule has 1 saturated heterocycles. The van der Waals surface area contributed by atoms with Crippen LogP contribution in [-0.4, -0.2) is 48.6 Å². The Morgan fingerprint density at radius 3 is 2.54 bits per heavy atom. The van der Waals surface area contributed by atoms with E-state index in [1.54, 1.807) is 12.1 Å². The maximum Gasteiger partial charge on any atom is 0.270 e. The molecule has 1 aliphatic heterocycles. The Morgan fingerprint density at radius 1 is 1.25 bits per heavy atom. The number of nitro groups is 1. The molecule has 0 saturated carbocycles. The van der Waals surface area contributed by atoms with Crippen LogP contribution < -0.4 is 5.32 Å². The molecule has 2 aromatic carbocycles. The lowest BCUT2D eigenvalue weighted by Crippen LogP contribution is -2.43. The molecule has 0 unspecified atom stereocenters. The fourth-order valence-electron chi connectivity index (χ4n) is 3.12. The van der Waals surface area contributed by atoms with Crippen molar-refractivity contribution < 1.29 is 18.8 Å². The molecular formula is C19H19ClFN3O4. The molecule has 1 aliphatic rings. The van der Waals surface area contributed by atoms with Crippen LogP contribution >= 0.6 is 11.6 Å². The summed E-state index contributed by atoms with van der Waals surface area (Å²) in [6.45, 7) is 2.82. The van der Waals surface area contributed by atoms with Crippen molar-refractivity contribution in [2.45, 2.75) is 6.04 Å². The van der Waals surface area contributed by atoms with Crippen LogP contribution in [0.4, 0.5) is 10.1 Å². The third-order valence-corrected chi connectivity index (χ3v) is 4.92. The van der Waals surface area contributed by atoms with Gasteiger partial charge in [0.05, 0.1) is 34.8 Å². The summed E-state index contributed by atoms with van der Waals surface area (Å²) in [5.74, 6) is -0.758. The maximum absolute atomic E-state index is 13.3. The van der Waals surface area contributed by atoms with E-state index in [-0.39, 0.29) is 34.7 Å². The van der Waals surface area contributed by atoms with Gasteiger partial charge in [-0.15, -0.1) is 0 Å². The topological polar surface area (TPSA) is 84.7 Å². The van der Waals surface area contributed by atoms with Gasteiger partial charge >= 0.3 is 0 Å². The quantitative estimate of drug-likeness (QED) is 0.587. The van der Waals surface area contributed by atoms with Crippen LogP contribution in [0.2, 0.25) is 5.02 Å². The predicted octanol–water partition coefficient (Wildman–Crippen LogP) is 3.19. The Hall–Kier alpha value is -2.55. The first-order valence-electron chi connectivity index (χ1n) is 8.75. The highest BCUT2D eigenvalue weighted by Crippen LogP contribution is 2.24. The van der Waals surface area contributed by atoms with Crippen molar-refractivity contribution in [1.82, 2.24) is 10.2 Å². The number of hydrogen-bond donors (Lipinski definition) is 1. The summed E-state index contributed by atoms with van der Waals surface area (Å²) in [7, 11) is 0. The zero-order chi connectivity index (χ0) is 20.1. The van der Waals surface area contributed by atoms with E-state index in [0.29, 0.717) is 26.3 Å². The number of amides is 1. The molecule has 3 rings (SSSR count). The Balaban J connectivity index is 1.74. The summed E-state index contributed by atoms with van der Waals surface area (Å²) >= 11 is 6.03. The number of nitro benzene ring substituents is 1. The predicted molar refractivity (Wildman–Crippen MR) is 102 cm³/mol. The number of hydrogen-bond acceptors (Lipinski definition) is 5. The summed E-state index contributed by atoms with van der Waals surface area (Å²) in [5.41, 5.74) is 0.851. The molecule has 0 aliphatic carbocycles. The minimum atomic E-state index is -0.573. The molecule has 1 N–H and O–H groups in total. The Bertz CT molecular complexity index is 857. The molecular weight excluding hydrogens is 389 g/mol. The van der Waals surface area contributed by atoms with Gasteiger partial charge in [-0.3, -0.25) is 19.8 Å². The van der Waals surface area contributed by atoms with E-state index in [0.717, 1.165) is 11.6 Å². The number of morpholine rings is 1. The van der Waals surface area contributed by atoms with Crippen molar-refractivity contribution in [2.75, 3.05) is 32.8 Å². The number of nitrogens with one attached hydrogen (secondary N) is 1. The summed E-state index contributed by atoms with van der Waals surface area (Å²) < 4.78 is 18.7. The summed E-state index contributed by atoms with van der Waals surface area (Å²) in [4.78, 5) is 24.9. The minimum absolute atomic E-state index is 0.0106. The smallest absolute Gasteiger partial charge is 0.270 e. The third kappa shape index (κ3) is 4.83. The monoisotopic (exact) mass is 407 g/mol. The van der Waals surface area contributed by atoms with Crippen LogP contribution in [0.3, 0.4) is 0 Å². The van der Waals surface area contributed by atoms with Gasteiger partial charge in [0, 0.05) is 31.8 Å². The van der Waals surface area contributed by atoms with Gasteiger partial charge in [0.2, 0.25) is 0 Å². The molecule has 148 valence electrons. The Labute approximate surface area is 166 Å². The van der Waals surface area contributed by atoms with Gasteiger partial charge in [0.1, 0.15) is 5.82 Å². The molecule has 9 heteroatoms. The SMILES string of the molecule is O=C(NC[C@@H](c1ccc(F)cc1)N1CCOCC1)c1ccc([N+](=O)[O-])cc1Cl. The highest BCUT2D eigenvalue weighted by atomic mass is 35.5. The van der Waals surface area contributed by atoms with E-state index >= 15 is 0 Å². The fourth-order valence-corrected chi connectivity index (χ4v) is 3.38. The second kappa shape index (κ2) is 9.09. The van der Waals surface area contributed by atoms with Crippen molar-refractivity contribution in [3.05, 3.63) is 74.5 Å². The van der Waals surface area contributed by atoms with Crippen LogP contribution in [0.25, 0.3) is 0 Å². The normalized spacial score (nSPS) is 15.8. The van der Waals surface area contributed by atoms with Crippen LogP contribution in [-0.2, 0) is 4.74 Å². The number of rotatable bonds is 6. The lowest BCUT2D eigenvalue weighted by Gasteiger charge is -2.35. The van der Waals surface area contributed by atoms with Gasteiger partial charge in [-0.25, -0.2) is 4.39 Å². The second-order valence-corrected chi connectivity index (χ2v) is 6.75. The van der Waals surface area contributed by atoms with Crippen molar-refractivity contribution in [3.8, 4) is 0 Å². The molecule has 0 spiro atoms. The maximum atomic E-state index is 13.3. The van der Waals surface area contributed by atoms with E-state index in [9.17, 15) is 19.3 Å². The van der Waals surface area contributed by atoms with E-state index in [1.807, 2.05) is 0 Å². The number of benzene rings is 2. The summed E-state index contributed by atoms with van der Waals surface area (Å²) in [5, 5.41) is 13.6. The molecule has 1 atom stereocenters. The van der Waals surface area contributed by atoms with E-state index in [1.165, 1.54) is 24.3 Å². The lowest BCUT2D eigenvalue weighted by atomic mass is 10.0. The van der Waals surface area contributed by atoms with Crippen LogP contribution in [0.15, 0.2) is 42.5 Å². The van der Waals surface area contributed by atoms with Gasteiger partial charge in [0.25, 0.3) is 11.6 Å². The standard InChI is InChI=1S/C19H19ClFN3O4/c20-17-11-15(24(26)27)5-6-16(17)19(25)22-12-18(23-7-9-28-10-8-23)13-1-3-14(21)4-2-13/h1-6,11,18H,7-10,12H2,(H,22,25)/t18-/m0/s1. The average molecular weight is 408 g/mol. The zero-order valence-corrected chi connectivity index (χ0v) is 15.7. The molecule has 1 amide bonds. The highest BCUT2D eigenvalue weighted by Gasteiger charge is 2.24. The molecule has 0 radical (unpaired) electrons. The molecule has 0 bridgehead atoms. The van der Waals surface area contributed by atoms with Gasteiger partial charge in [-0.05, 0) is 23.8 Å². The molecule has 1 heterocycles. The first kappa shape index (κ1) is 20.2. The largest absolute Gasteiger partial charge is 0.379 e. The van der Waals surface area contributed by atoms with Crippen LogP contribution in [0.1, 0.15) is 22.0 Å². The first-order valence-corrected chi connectivity index (χ1v) is 9.13. The number of non-ortho nitro benzene ring substituents is 1. The molecule has 7 nitrogen and oxygen atoms in total. The number of carbonyl (C=O) groups excluding carboxylic acids is 1. The number of ether oxygens (including phenoxy) is 1. The lowest BCUT2D eigenvalue weighted by molar-refractivity contribution is -0.384. The number of nitrogens with zero attached hydrogens (tertiary/aromatic N) is 2. The molecule has 0 aromatic heterocycles. The third-order valence-electron chi connectivity index (χ3n) is 4.61. The van der Waals surface area contributed by atoms with Gasteiger partial charge in [0.15, 0.2) is 0 Å². The average Bonchev–Trinajstić information content (AvgIpc) is 2.70. The van der Waals surface area contributed by atoms with Crippen molar-refractivity contribution >= 4 is 23.2 Å². The van der Waals surface area contributed by atoms with E-state index in [4.69, 9.17) is 16.3 Å². The van der Waals surface area contributed by atoms with Crippen molar-refractivity contribution in [2.24, 2.45) is 0 Å². The number of halogens is 2. The van der Waals surface area contributed by atoms with Crippen LogP contribution in [0, 0.1) is 15.9 Å². The van der Waals surface area contributed by atoms with E-state index < -0.39 is 10.8 Å². The Morgan fingerprint density at radius 2 is 1.93 bits per heavy atom. The van der Waals surface area contributed by atoms with Gasteiger partial charge in [-0.1, -0.05) is 23.7 Å². The summed E-state index contributed by atoms with van der Waals surface area (Å²) in [6, 6.07) is 9.72. The molecule has 2 aromatic rings. The number of carbonyl (C=O) groups is 1. The first-order chi connectivity index (χ1) is 13.5. The molecule has 1 fully saturated rings.